The number of aliphatic hydroxyl groups is 1. The minimum atomic E-state index is -9.65. The van der Waals surface area contributed by atoms with Crippen molar-refractivity contribution in [1.29, 1.82) is 0 Å². The molecule has 0 aliphatic heterocycles. The van der Waals surface area contributed by atoms with Crippen LogP contribution in [0.1, 0.15) is 18.1 Å². The number of hydrogen-bond acceptors (Lipinski definition) is 1. The van der Waals surface area contributed by atoms with Gasteiger partial charge in [-0.05, 0) is 30.2 Å². The molecule has 0 amide bonds. The zero-order valence-electron chi connectivity index (χ0n) is 11.6. The summed E-state index contributed by atoms with van der Waals surface area (Å²) in [5, 5.41) is 10.4. The zero-order chi connectivity index (χ0) is 16.7. The second-order valence-corrected chi connectivity index (χ2v) is 7.84. The van der Waals surface area contributed by atoms with Gasteiger partial charge < -0.3 is 5.11 Å². The molecule has 1 unspecified atom stereocenters. The Hall–Kier alpha value is -1.60. The van der Waals surface area contributed by atoms with Gasteiger partial charge in [0.1, 0.15) is 4.90 Å². The van der Waals surface area contributed by atoms with E-state index >= 15 is 0 Å². The number of hydrogen-bond donors (Lipinski definition) is 1. The molecule has 2 rings (SSSR count). The van der Waals surface area contributed by atoms with Crippen molar-refractivity contribution in [2.45, 2.75) is 23.8 Å². The lowest BCUT2D eigenvalue weighted by Gasteiger charge is -2.40. The first kappa shape index (κ1) is 16.8. The van der Waals surface area contributed by atoms with Crippen LogP contribution in [0.15, 0.2) is 59.5 Å². The van der Waals surface area contributed by atoms with Crippen LogP contribution in [0.2, 0.25) is 0 Å². The van der Waals surface area contributed by atoms with Crippen molar-refractivity contribution < 1.29 is 24.5 Å². The molecular weight excluding hydrogens is 323 g/mol. The predicted octanol–water partition coefficient (Wildman–Crippen LogP) is 5.79. The standard InChI is InChI=1S/C15H15F5OS/c1-15(21,13-5-3-2-4-6-13)11-12-7-9-14(10-8-12)22(16,17,18,19)20/h2-10,21H,11H2,1H3. The van der Waals surface area contributed by atoms with E-state index in [1.165, 1.54) is 6.92 Å². The number of benzene rings is 2. The molecule has 0 radical (unpaired) electrons. The second kappa shape index (κ2) is 4.45. The van der Waals surface area contributed by atoms with Crippen molar-refractivity contribution in [2.24, 2.45) is 0 Å². The first-order chi connectivity index (χ1) is 9.78. The first-order valence-electron chi connectivity index (χ1n) is 6.39. The Morgan fingerprint density at radius 1 is 0.864 bits per heavy atom. The summed E-state index contributed by atoms with van der Waals surface area (Å²) in [6.45, 7) is 1.51. The van der Waals surface area contributed by atoms with Crippen LogP contribution in [0.5, 0.6) is 0 Å². The lowest BCUT2D eigenvalue weighted by atomic mass is 9.89. The van der Waals surface area contributed by atoms with Gasteiger partial charge in [-0.15, -0.1) is 0 Å². The van der Waals surface area contributed by atoms with E-state index in [4.69, 9.17) is 0 Å². The van der Waals surface area contributed by atoms with Crippen molar-refractivity contribution in [3.63, 3.8) is 0 Å². The normalized spacial score (nSPS) is 18.1. The van der Waals surface area contributed by atoms with Crippen molar-refractivity contribution >= 4 is 10.2 Å². The average molecular weight is 338 g/mol. The lowest BCUT2D eigenvalue weighted by Crippen LogP contribution is -2.24. The highest BCUT2D eigenvalue weighted by atomic mass is 32.5. The number of halogens is 5. The van der Waals surface area contributed by atoms with Gasteiger partial charge in [0.05, 0.1) is 5.60 Å². The Kier molecular flexibility index (Phi) is 3.39. The van der Waals surface area contributed by atoms with Crippen LogP contribution in [0.25, 0.3) is 0 Å². The van der Waals surface area contributed by atoms with Crippen LogP contribution in [-0.2, 0) is 12.0 Å². The molecule has 0 saturated heterocycles. The molecule has 1 N–H and O–H groups in total. The SMILES string of the molecule is CC(O)(Cc1ccc(S(F)(F)(F)(F)F)cc1)c1ccccc1. The van der Waals surface area contributed by atoms with Crippen LogP contribution >= 0.6 is 10.2 Å². The predicted molar refractivity (Wildman–Crippen MR) is 77.6 cm³/mol. The van der Waals surface area contributed by atoms with E-state index in [0.29, 0.717) is 23.3 Å². The van der Waals surface area contributed by atoms with Gasteiger partial charge in [-0.3, -0.25) is 0 Å². The monoisotopic (exact) mass is 338 g/mol. The van der Waals surface area contributed by atoms with E-state index in [0.717, 1.165) is 12.1 Å². The highest BCUT2D eigenvalue weighted by Crippen LogP contribution is 3.02. The van der Waals surface area contributed by atoms with E-state index in [9.17, 15) is 24.5 Å². The van der Waals surface area contributed by atoms with Gasteiger partial charge >= 0.3 is 10.2 Å². The summed E-state index contributed by atoms with van der Waals surface area (Å²) >= 11 is 0. The maximum absolute atomic E-state index is 12.6. The van der Waals surface area contributed by atoms with Crippen LogP contribution < -0.4 is 0 Å². The number of rotatable bonds is 4. The summed E-state index contributed by atoms with van der Waals surface area (Å²) in [6, 6.07) is 11.2. The summed E-state index contributed by atoms with van der Waals surface area (Å²) in [4.78, 5) is -1.93. The Bertz CT molecular complexity index is 663. The van der Waals surface area contributed by atoms with Gasteiger partial charge in [0.15, 0.2) is 0 Å². The third-order valence-electron chi connectivity index (χ3n) is 3.31. The smallest absolute Gasteiger partial charge is 0.310 e. The maximum atomic E-state index is 12.6. The maximum Gasteiger partial charge on any atom is 0.310 e. The molecule has 0 saturated carbocycles. The molecular formula is C15H15F5OS. The molecule has 7 heteroatoms. The van der Waals surface area contributed by atoms with Crippen molar-refractivity contribution in [3.8, 4) is 0 Å². The van der Waals surface area contributed by atoms with Gasteiger partial charge in [0, 0.05) is 6.42 Å². The molecule has 0 aliphatic carbocycles. The molecule has 1 atom stereocenters. The second-order valence-electron chi connectivity index (χ2n) is 5.43. The molecule has 0 bridgehead atoms. The van der Waals surface area contributed by atoms with Crippen LogP contribution in [0.4, 0.5) is 19.4 Å². The van der Waals surface area contributed by atoms with Crippen LogP contribution in [-0.4, -0.2) is 5.11 Å². The molecule has 2 aromatic rings. The quantitative estimate of drug-likeness (QED) is 0.699. The molecule has 0 spiro atoms. The molecule has 2 aromatic carbocycles. The van der Waals surface area contributed by atoms with Crippen molar-refractivity contribution in [3.05, 3.63) is 65.7 Å². The molecule has 122 valence electrons. The zero-order valence-corrected chi connectivity index (χ0v) is 12.5. The van der Waals surface area contributed by atoms with Gasteiger partial charge in [-0.1, -0.05) is 61.9 Å². The van der Waals surface area contributed by atoms with Crippen molar-refractivity contribution in [2.75, 3.05) is 0 Å². The minimum absolute atomic E-state index is 0.0115. The van der Waals surface area contributed by atoms with Gasteiger partial charge in [-0.2, -0.15) is 0 Å². The summed E-state index contributed by atoms with van der Waals surface area (Å²) in [5.74, 6) is 0. The molecule has 22 heavy (non-hydrogen) atoms. The lowest BCUT2D eigenvalue weighted by molar-refractivity contribution is 0.0576. The Morgan fingerprint density at radius 3 is 1.82 bits per heavy atom. The third-order valence-corrected chi connectivity index (χ3v) is 4.48. The molecule has 0 heterocycles. The Labute approximate surface area is 125 Å². The minimum Gasteiger partial charge on any atom is -0.385 e. The van der Waals surface area contributed by atoms with Crippen LogP contribution in [0.3, 0.4) is 0 Å². The largest absolute Gasteiger partial charge is 0.385 e. The van der Waals surface area contributed by atoms with E-state index in [2.05, 4.69) is 0 Å². The third kappa shape index (κ3) is 3.98. The van der Waals surface area contributed by atoms with E-state index in [-0.39, 0.29) is 6.42 Å². The van der Waals surface area contributed by atoms with Crippen LogP contribution in [0, 0.1) is 0 Å². The summed E-state index contributed by atoms with van der Waals surface area (Å²) in [7, 11) is -9.65. The van der Waals surface area contributed by atoms with Crippen molar-refractivity contribution in [1.82, 2.24) is 0 Å². The van der Waals surface area contributed by atoms with E-state index < -0.39 is 20.7 Å². The fourth-order valence-corrected chi connectivity index (χ4v) is 2.81. The first-order valence-corrected chi connectivity index (χ1v) is 8.34. The van der Waals surface area contributed by atoms with E-state index in [1.54, 1.807) is 30.3 Å². The highest BCUT2D eigenvalue weighted by molar-refractivity contribution is 8.45. The van der Waals surface area contributed by atoms with E-state index in [1.807, 2.05) is 0 Å². The molecule has 0 fully saturated rings. The fraction of sp³-hybridized carbons (Fsp3) is 0.200. The average Bonchev–Trinajstić information content (AvgIpc) is 2.37. The summed E-state index contributed by atoms with van der Waals surface area (Å²) < 4.78 is 63.2. The van der Waals surface area contributed by atoms with Gasteiger partial charge in [0.2, 0.25) is 0 Å². The summed E-state index contributed by atoms with van der Waals surface area (Å²) in [6.07, 6.45) is 0.0115. The summed E-state index contributed by atoms with van der Waals surface area (Å²) in [5.41, 5.74) is -0.386. The highest BCUT2D eigenvalue weighted by Gasteiger charge is 2.65. The Morgan fingerprint density at radius 2 is 1.36 bits per heavy atom. The van der Waals surface area contributed by atoms with Gasteiger partial charge in [0.25, 0.3) is 0 Å². The Balaban J connectivity index is 2.26. The topological polar surface area (TPSA) is 20.2 Å². The molecule has 0 aromatic heterocycles. The molecule has 0 aliphatic rings. The fourth-order valence-electron chi connectivity index (χ4n) is 2.16. The van der Waals surface area contributed by atoms with Gasteiger partial charge in [-0.25, -0.2) is 0 Å². The molecule has 1 nitrogen and oxygen atoms in total.